The van der Waals surface area contributed by atoms with Crippen LogP contribution in [0.25, 0.3) is 5.69 Å². The summed E-state index contributed by atoms with van der Waals surface area (Å²) in [6.07, 6.45) is 2.41. The van der Waals surface area contributed by atoms with Gasteiger partial charge in [0.2, 0.25) is 0 Å². The molecule has 0 saturated carbocycles. The van der Waals surface area contributed by atoms with E-state index in [1.54, 1.807) is 0 Å². The molecule has 0 aliphatic rings. The summed E-state index contributed by atoms with van der Waals surface area (Å²) >= 11 is 0. The van der Waals surface area contributed by atoms with E-state index in [0.717, 1.165) is 6.54 Å². The van der Waals surface area contributed by atoms with Crippen molar-refractivity contribution in [2.75, 3.05) is 0 Å². The fourth-order valence-corrected chi connectivity index (χ4v) is 3.03. The molecule has 1 aromatic heterocycles. The molecule has 0 spiro atoms. The van der Waals surface area contributed by atoms with Crippen molar-refractivity contribution in [3.05, 3.63) is 53.3 Å². The molecule has 0 radical (unpaired) electrons. The zero-order valence-electron chi connectivity index (χ0n) is 14.0. The summed E-state index contributed by atoms with van der Waals surface area (Å²) in [6, 6.07) is 12.9. The molecule has 114 valence electrons. The Bertz CT molecular complexity index is 579. The first-order valence-corrected chi connectivity index (χ1v) is 7.93. The molecule has 0 aliphatic heterocycles. The molecule has 0 bridgehead atoms. The minimum Gasteiger partial charge on any atom is -0.318 e. The molecule has 0 atom stereocenters. The van der Waals surface area contributed by atoms with Gasteiger partial charge in [0.25, 0.3) is 0 Å². The van der Waals surface area contributed by atoms with Crippen molar-refractivity contribution in [2.45, 2.75) is 59.5 Å². The van der Waals surface area contributed by atoms with Crippen LogP contribution in [0.4, 0.5) is 0 Å². The standard InChI is InChI=1S/C19H28N2/c1-6-12-19(4,5)20-14-17-13-15(2)21(16(17)3)18-10-8-7-9-11-18/h7-11,13,20H,6,12,14H2,1-5H3. The average Bonchev–Trinajstić information content (AvgIpc) is 2.72. The number of aryl methyl sites for hydroxylation is 1. The molecule has 0 aliphatic carbocycles. The molecule has 0 fully saturated rings. The van der Waals surface area contributed by atoms with Crippen LogP contribution in [0.1, 0.15) is 50.6 Å². The quantitative estimate of drug-likeness (QED) is 0.809. The molecule has 2 nitrogen and oxygen atoms in total. The summed E-state index contributed by atoms with van der Waals surface area (Å²) < 4.78 is 2.34. The minimum absolute atomic E-state index is 0.198. The van der Waals surface area contributed by atoms with Crippen LogP contribution in [0.15, 0.2) is 36.4 Å². The fraction of sp³-hybridized carbons (Fsp3) is 0.474. The van der Waals surface area contributed by atoms with Gasteiger partial charge in [0.15, 0.2) is 0 Å². The maximum atomic E-state index is 3.70. The van der Waals surface area contributed by atoms with Gasteiger partial charge in [0, 0.05) is 29.2 Å². The van der Waals surface area contributed by atoms with Crippen molar-refractivity contribution < 1.29 is 0 Å². The van der Waals surface area contributed by atoms with Gasteiger partial charge in [0.05, 0.1) is 0 Å². The summed E-state index contributed by atoms with van der Waals surface area (Å²) in [5.41, 5.74) is 5.46. The molecule has 0 saturated heterocycles. The zero-order valence-corrected chi connectivity index (χ0v) is 14.0. The van der Waals surface area contributed by atoms with Gasteiger partial charge < -0.3 is 9.88 Å². The summed E-state index contributed by atoms with van der Waals surface area (Å²) in [5.74, 6) is 0. The number of hydrogen-bond donors (Lipinski definition) is 1. The molecule has 1 aromatic carbocycles. The SMILES string of the molecule is CCCC(C)(C)NCc1cc(C)n(-c2ccccc2)c1C. The first-order valence-electron chi connectivity index (χ1n) is 7.93. The van der Waals surface area contributed by atoms with Crippen LogP contribution in [0.3, 0.4) is 0 Å². The summed E-state index contributed by atoms with van der Waals surface area (Å²) in [5, 5.41) is 3.70. The fourth-order valence-electron chi connectivity index (χ4n) is 3.03. The van der Waals surface area contributed by atoms with Crippen molar-refractivity contribution >= 4 is 0 Å². The Balaban J connectivity index is 2.20. The highest BCUT2D eigenvalue weighted by atomic mass is 15.0. The second-order valence-corrected chi connectivity index (χ2v) is 6.55. The van der Waals surface area contributed by atoms with E-state index >= 15 is 0 Å². The van der Waals surface area contributed by atoms with E-state index in [1.165, 1.54) is 35.5 Å². The van der Waals surface area contributed by atoms with Crippen molar-refractivity contribution in [3.8, 4) is 5.69 Å². The highest BCUT2D eigenvalue weighted by molar-refractivity contribution is 5.40. The van der Waals surface area contributed by atoms with Crippen molar-refractivity contribution in [2.24, 2.45) is 0 Å². The highest BCUT2D eigenvalue weighted by Gasteiger charge is 2.17. The average molecular weight is 284 g/mol. The molecule has 1 heterocycles. The van der Waals surface area contributed by atoms with E-state index in [0.29, 0.717) is 0 Å². The van der Waals surface area contributed by atoms with Crippen LogP contribution in [-0.4, -0.2) is 10.1 Å². The van der Waals surface area contributed by atoms with Crippen LogP contribution in [-0.2, 0) is 6.54 Å². The van der Waals surface area contributed by atoms with Gasteiger partial charge >= 0.3 is 0 Å². The van der Waals surface area contributed by atoms with Crippen LogP contribution >= 0.6 is 0 Å². The third-order valence-corrected chi connectivity index (χ3v) is 4.18. The second-order valence-electron chi connectivity index (χ2n) is 6.55. The number of nitrogens with zero attached hydrogens (tertiary/aromatic N) is 1. The number of para-hydroxylation sites is 1. The monoisotopic (exact) mass is 284 g/mol. The van der Waals surface area contributed by atoms with E-state index in [1.807, 2.05) is 0 Å². The minimum atomic E-state index is 0.198. The lowest BCUT2D eigenvalue weighted by molar-refractivity contribution is 0.356. The molecule has 2 aromatic rings. The van der Waals surface area contributed by atoms with Crippen molar-refractivity contribution in [1.29, 1.82) is 0 Å². The third-order valence-electron chi connectivity index (χ3n) is 4.18. The number of aromatic nitrogens is 1. The molecule has 0 amide bonds. The lowest BCUT2D eigenvalue weighted by atomic mass is 9.98. The van der Waals surface area contributed by atoms with E-state index in [-0.39, 0.29) is 5.54 Å². The molecule has 2 rings (SSSR count). The Morgan fingerprint density at radius 3 is 2.38 bits per heavy atom. The Morgan fingerprint density at radius 1 is 1.10 bits per heavy atom. The molecular weight excluding hydrogens is 256 g/mol. The van der Waals surface area contributed by atoms with Gasteiger partial charge in [-0.2, -0.15) is 0 Å². The summed E-state index contributed by atoms with van der Waals surface area (Å²) in [4.78, 5) is 0. The van der Waals surface area contributed by atoms with Crippen LogP contribution in [0.5, 0.6) is 0 Å². The highest BCUT2D eigenvalue weighted by Crippen LogP contribution is 2.21. The predicted molar refractivity (Wildman–Crippen MR) is 91.1 cm³/mol. The third kappa shape index (κ3) is 3.76. The van der Waals surface area contributed by atoms with E-state index in [2.05, 4.69) is 80.9 Å². The molecule has 21 heavy (non-hydrogen) atoms. The largest absolute Gasteiger partial charge is 0.318 e. The first-order chi connectivity index (χ1) is 9.94. The Hall–Kier alpha value is -1.54. The molecule has 0 unspecified atom stereocenters. The lowest BCUT2D eigenvalue weighted by Crippen LogP contribution is -2.38. The topological polar surface area (TPSA) is 17.0 Å². The normalized spacial score (nSPS) is 11.9. The summed E-state index contributed by atoms with van der Waals surface area (Å²) in [6.45, 7) is 12.1. The van der Waals surface area contributed by atoms with Gasteiger partial charge in [-0.05, 0) is 57.9 Å². The second kappa shape index (κ2) is 6.48. The van der Waals surface area contributed by atoms with Crippen LogP contribution < -0.4 is 5.32 Å². The smallest absolute Gasteiger partial charge is 0.0455 e. The van der Waals surface area contributed by atoms with Gasteiger partial charge in [-0.1, -0.05) is 31.5 Å². The number of benzene rings is 1. The maximum absolute atomic E-state index is 3.70. The first kappa shape index (κ1) is 15.8. The van der Waals surface area contributed by atoms with Gasteiger partial charge in [0.1, 0.15) is 0 Å². The van der Waals surface area contributed by atoms with E-state index in [4.69, 9.17) is 0 Å². The number of hydrogen-bond acceptors (Lipinski definition) is 1. The maximum Gasteiger partial charge on any atom is 0.0455 e. The Kier molecular flexibility index (Phi) is 4.89. The Labute approximate surface area is 129 Å². The van der Waals surface area contributed by atoms with Crippen LogP contribution in [0, 0.1) is 13.8 Å². The van der Waals surface area contributed by atoms with Gasteiger partial charge in [-0.25, -0.2) is 0 Å². The van der Waals surface area contributed by atoms with E-state index in [9.17, 15) is 0 Å². The number of nitrogens with one attached hydrogen (secondary N) is 1. The summed E-state index contributed by atoms with van der Waals surface area (Å²) in [7, 11) is 0. The molecule has 2 heteroatoms. The molecular formula is C19H28N2. The van der Waals surface area contributed by atoms with Crippen LogP contribution in [0.2, 0.25) is 0 Å². The number of rotatable bonds is 6. The van der Waals surface area contributed by atoms with E-state index < -0.39 is 0 Å². The van der Waals surface area contributed by atoms with Crippen molar-refractivity contribution in [1.82, 2.24) is 9.88 Å². The Morgan fingerprint density at radius 2 is 1.76 bits per heavy atom. The van der Waals surface area contributed by atoms with Crippen molar-refractivity contribution in [3.63, 3.8) is 0 Å². The van der Waals surface area contributed by atoms with Gasteiger partial charge in [-0.15, -0.1) is 0 Å². The predicted octanol–water partition coefficient (Wildman–Crippen LogP) is 4.76. The van der Waals surface area contributed by atoms with Gasteiger partial charge in [-0.3, -0.25) is 0 Å². The zero-order chi connectivity index (χ0) is 15.5. The lowest BCUT2D eigenvalue weighted by Gasteiger charge is -2.26. The molecule has 1 N–H and O–H groups in total.